The van der Waals surface area contributed by atoms with E-state index in [0.717, 1.165) is 29.3 Å². The molecule has 1 aromatic heterocycles. The molecule has 1 aromatic carbocycles. The molecular weight excluding hydrogens is 230 g/mol. The lowest BCUT2D eigenvalue weighted by molar-refractivity contribution is -0.0431. The standard InChI is InChI=1S/C14H15NO3/c1-14(2)17-12-4-3-11(7-13(12)18-14)15-8-10-5-6-16-9-10/h3-7,9,15H,8H2,1-2H3. The predicted octanol–water partition coefficient (Wildman–Crippen LogP) is 3.40. The highest BCUT2D eigenvalue weighted by atomic mass is 16.7. The molecule has 2 aromatic rings. The summed E-state index contributed by atoms with van der Waals surface area (Å²) in [5.74, 6) is 0.983. The molecule has 18 heavy (non-hydrogen) atoms. The highest BCUT2D eigenvalue weighted by Gasteiger charge is 2.31. The second kappa shape index (κ2) is 3.98. The van der Waals surface area contributed by atoms with E-state index in [2.05, 4.69) is 5.32 Å². The van der Waals surface area contributed by atoms with Gasteiger partial charge < -0.3 is 19.2 Å². The number of nitrogens with one attached hydrogen (secondary N) is 1. The summed E-state index contributed by atoms with van der Waals surface area (Å²) >= 11 is 0. The van der Waals surface area contributed by atoms with Crippen LogP contribution in [0.4, 0.5) is 5.69 Å². The first kappa shape index (κ1) is 11.0. The quantitative estimate of drug-likeness (QED) is 0.900. The zero-order chi connectivity index (χ0) is 12.6. The third-order valence-electron chi connectivity index (χ3n) is 2.73. The fourth-order valence-corrected chi connectivity index (χ4v) is 1.93. The molecule has 0 bridgehead atoms. The maximum absolute atomic E-state index is 5.69. The van der Waals surface area contributed by atoms with Crippen LogP contribution in [-0.4, -0.2) is 5.79 Å². The van der Waals surface area contributed by atoms with Gasteiger partial charge in [-0.1, -0.05) is 0 Å². The lowest BCUT2D eigenvalue weighted by Gasteiger charge is -2.16. The van der Waals surface area contributed by atoms with Crippen molar-refractivity contribution in [2.24, 2.45) is 0 Å². The summed E-state index contributed by atoms with van der Waals surface area (Å²) in [4.78, 5) is 0. The van der Waals surface area contributed by atoms with Crippen LogP contribution in [0.5, 0.6) is 11.5 Å². The maximum atomic E-state index is 5.69. The van der Waals surface area contributed by atoms with Crippen molar-refractivity contribution in [1.82, 2.24) is 0 Å². The van der Waals surface area contributed by atoms with Crippen LogP contribution in [0.1, 0.15) is 19.4 Å². The molecule has 0 fully saturated rings. The Balaban J connectivity index is 1.72. The number of hydrogen-bond donors (Lipinski definition) is 1. The minimum atomic E-state index is -0.578. The van der Waals surface area contributed by atoms with Crippen LogP contribution in [0.15, 0.2) is 41.2 Å². The second-order valence-corrected chi connectivity index (χ2v) is 4.75. The van der Waals surface area contributed by atoms with Crippen molar-refractivity contribution in [1.29, 1.82) is 0 Å². The van der Waals surface area contributed by atoms with Crippen LogP contribution >= 0.6 is 0 Å². The van der Waals surface area contributed by atoms with E-state index >= 15 is 0 Å². The Morgan fingerprint density at radius 1 is 1.11 bits per heavy atom. The largest absolute Gasteiger partial charge is 0.472 e. The van der Waals surface area contributed by atoms with Crippen molar-refractivity contribution in [3.8, 4) is 11.5 Å². The molecule has 0 aliphatic carbocycles. The number of rotatable bonds is 3. The molecule has 2 heterocycles. The van der Waals surface area contributed by atoms with E-state index in [1.54, 1.807) is 12.5 Å². The third kappa shape index (κ3) is 2.14. The molecule has 4 nitrogen and oxygen atoms in total. The highest BCUT2D eigenvalue weighted by Crippen LogP contribution is 2.40. The minimum absolute atomic E-state index is 0.578. The van der Waals surface area contributed by atoms with Gasteiger partial charge in [-0.05, 0) is 18.2 Å². The molecule has 3 rings (SSSR count). The van der Waals surface area contributed by atoms with E-state index in [-0.39, 0.29) is 0 Å². The highest BCUT2D eigenvalue weighted by molar-refractivity contribution is 5.56. The first-order chi connectivity index (χ1) is 8.62. The average Bonchev–Trinajstić information content (AvgIpc) is 2.90. The normalized spacial score (nSPS) is 15.7. The Kier molecular flexibility index (Phi) is 2.44. The van der Waals surface area contributed by atoms with Gasteiger partial charge in [0.15, 0.2) is 11.5 Å². The maximum Gasteiger partial charge on any atom is 0.246 e. The average molecular weight is 245 g/mol. The summed E-state index contributed by atoms with van der Waals surface area (Å²) in [5, 5.41) is 3.31. The van der Waals surface area contributed by atoms with E-state index in [1.165, 1.54) is 0 Å². The first-order valence-corrected chi connectivity index (χ1v) is 5.89. The van der Waals surface area contributed by atoms with Crippen molar-refractivity contribution in [3.05, 3.63) is 42.4 Å². The second-order valence-electron chi connectivity index (χ2n) is 4.75. The topological polar surface area (TPSA) is 43.6 Å². The number of benzene rings is 1. The van der Waals surface area contributed by atoms with Gasteiger partial charge in [0.05, 0.1) is 12.5 Å². The van der Waals surface area contributed by atoms with Crippen LogP contribution in [-0.2, 0) is 6.54 Å². The summed E-state index contributed by atoms with van der Waals surface area (Å²) in [6.07, 6.45) is 3.39. The SMILES string of the molecule is CC1(C)Oc2ccc(NCc3ccoc3)cc2O1. The van der Waals surface area contributed by atoms with E-state index in [9.17, 15) is 0 Å². The molecule has 0 spiro atoms. The number of ether oxygens (including phenoxy) is 2. The lowest BCUT2D eigenvalue weighted by Crippen LogP contribution is -2.29. The van der Waals surface area contributed by atoms with Crippen molar-refractivity contribution >= 4 is 5.69 Å². The van der Waals surface area contributed by atoms with Gasteiger partial charge >= 0.3 is 0 Å². The van der Waals surface area contributed by atoms with Gasteiger partial charge in [-0.25, -0.2) is 0 Å². The molecule has 1 aliphatic heterocycles. The first-order valence-electron chi connectivity index (χ1n) is 5.89. The Labute approximate surface area is 106 Å². The Morgan fingerprint density at radius 3 is 2.72 bits per heavy atom. The van der Waals surface area contributed by atoms with Gasteiger partial charge in [0.1, 0.15) is 0 Å². The molecule has 1 N–H and O–H groups in total. The van der Waals surface area contributed by atoms with Crippen molar-refractivity contribution < 1.29 is 13.9 Å². The van der Waals surface area contributed by atoms with Crippen LogP contribution in [0.25, 0.3) is 0 Å². The summed E-state index contributed by atoms with van der Waals surface area (Å²) < 4.78 is 16.3. The summed E-state index contributed by atoms with van der Waals surface area (Å²) in [6.45, 7) is 4.51. The van der Waals surface area contributed by atoms with E-state index in [4.69, 9.17) is 13.9 Å². The number of hydrogen-bond acceptors (Lipinski definition) is 4. The lowest BCUT2D eigenvalue weighted by atomic mass is 10.2. The van der Waals surface area contributed by atoms with Crippen molar-refractivity contribution in [2.75, 3.05) is 5.32 Å². The number of furan rings is 1. The Morgan fingerprint density at radius 2 is 1.94 bits per heavy atom. The van der Waals surface area contributed by atoms with Crippen molar-refractivity contribution in [3.63, 3.8) is 0 Å². The van der Waals surface area contributed by atoms with Crippen LogP contribution in [0.2, 0.25) is 0 Å². The molecule has 94 valence electrons. The van der Waals surface area contributed by atoms with E-state index in [1.807, 2.05) is 38.1 Å². The van der Waals surface area contributed by atoms with Gasteiger partial charge in [-0.2, -0.15) is 0 Å². The third-order valence-corrected chi connectivity index (χ3v) is 2.73. The molecule has 1 aliphatic rings. The van der Waals surface area contributed by atoms with Crippen LogP contribution in [0, 0.1) is 0 Å². The minimum Gasteiger partial charge on any atom is -0.472 e. The van der Waals surface area contributed by atoms with E-state index < -0.39 is 5.79 Å². The zero-order valence-electron chi connectivity index (χ0n) is 10.4. The fraction of sp³-hybridized carbons (Fsp3) is 0.286. The Hall–Kier alpha value is -2.10. The Bertz CT molecular complexity index is 546. The molecule has 0 amide bonds. The summed E-state index contributed by atoms with van der Waals surface area (Å²) in [7, 11) is 0. The van der Waals surface area contributed by atoms with Gasteiger partial charge in [-0.3, -0.25) is 0 Å². The summed E-state index contributed by atoms with van der Waals surface area (Å²) in [6, 6.07) is 7.78. The van der Waals surface area contributed by atoms with Gasteiger partial charge in [-0.15, -0.1) is 0 Å². The molecule has 0 saturated carbocycles. The fourth-order valence-electron chi connectivity index (χ4n) is 1.93. The van der Waals surface area contributed by atoms with Gasteiger partial charge in [0.2, 0.25) is 5.79 Å². The van der Waals surface area contributed by atoms with Crippen LogP contribution < -0.4 is 14.8 Å². The van der Waals surface area contributed by atoms with Gasteiger partial charge in [0.25, 0.3) is 0 Å². The molecule has 0 atom stereocenters. The smallest absolute Gasteiger partial charge is 0.246 e. The molecular formula is C14H15NO3. The summed E-state index contributed by atoms with van der Waals surface area (Å²) in [5.41, 5.74) is 2.10. The molecule has 4 heteroatoms. The van der Waals surface area contributed by atoms with Gasteiger partial charge in [0, 0.05) is 37.7 Å². The zero-order valence-corrected chi connectivity index (χ0v) is 10.4. The van der Waals surface area contributed by atoms with E-state index in [0.29, 0.717) is 0 Å². The number of anilines is 1. The molecule has 0 radical (unpaired) electrons. The molecule has 0 saturated heterocycles. The van der Waals surface area contributed by atoms with Crippen molar-refractivity contribution in [2.45, 2.75) is 26.2 Å². The molecule has 0 unspecified atom stereocenters. The monoisotopic (exact) mass is 245 g/mol. The predicted molar refractivity (Wildman–Crippen MR) is 67.8 cm³/mol. The van der Waals surface area contributed by atoms with Crippen LogP contribution in [0.3, 0.4) is 0 Å². The number of fused-ring (bicyclic) bond motifs is 1.